The number of nitrogens with zero attached hydrogens (tertiary/aromatic N) is 1. The summed E-state index contributed by atoms with van der Waals surface area (Å²) in [5.41, 5.74) is 3.98. The van der Waals surface area contributed by atoms with Crippen molar-refractivity contribution in [3.05, 3.63) is 76.5 Å². The van der Waals surface area contributed by atoms with E-state index in [9.17, 15) is 4.79 Å². The van der Waals surface area contributed by atoms with Crippen LogP contribution in [0, 0.1) is 13.8 Å². The first-order chi connectivity index (χ1) is 12.9. The van der Waals surface area contributed by atoms with E-state index < -0.39 is 0 Å². The lowest BCUT2D eigenvalue weighted by atomic mass is 10.1. The number of furan rings is 1. The Labute approximate surface area is 164 Å². The number of hydrogen-bond acceptors (Lipinski definition) is 3. The van der Waals surface area contributed by atoms with Gasteiger partial charge in [0, 0.05) is 16.3 Å². The molecule has 1 amide bonds. The van der Waals surface area contributed by atoms with Crippen molar-refractivity contribution in [3.8, 4) is 11.3 Å². The first-order valence-corrected chi connectivity index (χ1v) is 9.19. The molecule has 0 atom stereocenters. The Bertz CT molecular complexity index is 911. The van der Waals surface area contributed by atoms with Crippen molar-refractivity contribution in [2.24, 2.45) is 0 Å². The minimum Gasteiger partial charge on any atom is -0.460 e. The van der Waals surface area contributed by atoms with Crippen molar-refractivity contribution in [3.63, 3.8) is 0 Å². The van der Waals surface area contributed by atoms with Gasteiger partial charge in [0.25, 0.3) is 0 Å². The number of aryl methyl sites for hydroxylation is 2. The zero-order valence-electron chi connectivity index (χ0n) is 15.8. The smallest absolute Gasteiger partial charge is 0.238 e. The average Bonchev–Trinajstić information content (AvgIpc) is 3.07. The van der Waals surface area contributed by atoms with Crippen LogP contribution in [0.3, 0.4) is 0 Å². The zero-order valence-corrected chi connectivity index (χ0v) is 16.5. The van der Waals surface area contributed by atoms with Gasteiger partial charge in [0.15, 0.2) is 0 Å². The quantitative estimate of drug-likeness (QED) is 0.630. The molecule has 4 nitrogen and oxygen atoms in total. The van der Waals surface area contributed by atoms with Gasteiger partial charge in [0.1, 0.15) is 11.5 Å². The lowest BCUT2D eigenvalue weighted by Crippen LogP contribution is -2.30. The zero-order chi connectivity index (χ0) is 19.4. The van der Waals surface area contributed by atoms with Crippen molar-refractivity contribution >= 4 is 23.2 Å². The average molecular weight is 383 g/mol. The van der Waals surface area contributed by atoms with E-state index in [0.29, 0.717) is 11.6 Å². The second-order valence-corrected chi connectivity index (χ2v) is 7.20. The van der Waals surface area contributed by atoms with Crippen molar-refractivity contribution in [1.82, 2.24) is 4.90 Å². The number of nitrogens with one attached hydrogen (secondary N) is 1. The molecular weight excluding hydrogens is 360 g/mol. The lowest BCUT2D eigenvalue weighted by molar-refractivity contribution is -0.117. The maximum Gasteiger partial charge on any atom is 0.238 e. The Kier molecular flexibility index (Phi) is 5.99. The van der Waals surface area contributed by atoms with Crippen molar-refractivity contribution in [2.45, 2.75) is 20.4 Å². The molecule has 27 heavy (non-hydrogen) atoms. The highest BCUT2D eigenvalue weighted by Crippen LogP contribution is 2.24. The van der Waals surface area contributed by atoms with Gasteiger partial charge in [-0.3, -0.25) is 9.69 Å². The first-order valence-electron chi connectivity index (χ1n) is 8.81. The van der Waals surface area contributed by atoms with E-state index in [4.69, 9.17) is 16.0 Å². The highest BCUT2D eigenvalue weighted by Gasteiger charge is 2.12. The molecule has 0 saturated heterocycles. The molecule has 0 saturated carbocycles. The van der Waals surface area contributed by atoms with E-state index in [1.807, 2.05) is 80.4 Å². The summed E-state index contributed by atoms with van der Waals surface area (Å²) in [5, 5.41) is 3.70. The second-order valence-electron chi connectivity index (χ2n) is 6.76. The summed E-state index contributed by atoms with van der Waals surface area (Å²) >= 11 is 5.92. The second kappa shape index (κ2) is 8.42. The predicted molar refractivity (Wildman–Crippen MR) is 110 cm³/mol. The van der Waals surface area contributed by atoms with Gasteiger partial charge in [-0.2, -0.15) is 0 Å². The molecule has 3 rings (SSSR count). The molecule has 1 aromatic heterocycles. The maximum absolute atomic E-state index is 12.4. The number of carbonyl (C=O) groups is 1. The van der Waals surface area contributed by atoms with Crippen LogP contribution in [0.2, 0.25) is 5.02 Å². The van der Waals surface area contributed by atoms with E-state index in [1.54, 1.807) is 0 Å². The summed E-state index contributed by atoms with van der Waals surface area (Å²) in [5.74, 6) is 1.55. The molecule has 0 aliphatic rings. The molecule has 1 heterocycles. The summed E-state index contributed by atoms with van der Waals surface area (Å²) in [6.45, 7) is 4.82. The molecule has 0 radical (unpaired) electrons. The van der Waals surface area contributed by atoms with Crippen LogP contribution in [-0.2, 0) is 11.3 Å². The number of halogens is 1. The van der Waals surface area contributed by atoms with E-state index in [1.165, 1.54) is 0 Å². The summed E-state index contributed by atoms with van der Waals surface area (Å²) < 4.78 is 5.90. The molecule has 3 aromatic rings. The monoisotopic (exact) mass is 382 g/mol. The number of rotatable bonds is 6. The molecule has 5 heteroatoms. The minimum absolute atomic E-state index is 0.0422. The third-order valence-corrected chi connectivity index (χ3v) is 4.63. The Hall–Kier alpha value is -2.56. The van der Waals surface area contributed by atoms with Gasteiger partial charge in [0.2, 0.25) is 5.91 Å². The Morgan fingerprint density at radius 2 is 1.70 bits per heavy atom. The van der Waals surface area contributed by atoms with Gasteiger partial charge in [-0.15, -0.1) is 0 Å². The van der Waals surface area contributed by atoms with Crippen LogP contribution in [0.25, 0.3) is 11.3 Å². The molecule has 0 unspecified atom stereocenters. The van der Waals surface area contributed by atoms with Gasteiger partial charge in [-0.05, 0) is 68.4 Å². The Morgan fingerprint density at radius 3 is 2.37 bits per heavy atom. The normalized spacial score (nSPS) is 11.0. The Morgan fingerprint density at radius 1 is 1.04 bits per heavy atom. The first kappa shape index (κ1) is 19.2. The molecule has 0 bridgehead atoms. The van der Waals surface area contributed by atoms with E-state index in [0.717, 1.165) is 33.9 Å². The van der Waals surface area contributed by atoms with Crippen LogP contribution in [0.4, 0.5) is 5.69 Å². The molecule has 2 aromatic carbocycles. The topological polar surface area (TPSA) is 45.5 Å². The van der Waals surface area contributed by atoms with Crippen LogP contribution >= 0.6 is 11.6 Å². The van der Waals surface area contributed by atoms with Gasteiger partial charge < -0.3 is 9.73 Å². The summed E-state index contributed by atoms with van der Waals surface area (Å²) in [4.78, 5) is 14.3. The SMILES string of the molecule is Cc1cccc(C)c1NC(=O)CN(C)Cc1ccc(-c2ccc(Cl)cc2)o1. The van der Waals surface area contributed by atoms with Crippen LogP contribution < -0.4 is 5.32 Å². The lowest BCUT2D eigenvalue weighted by Gasteiger charge is -2.16. The van der Waals surface area contributed by atoms with Gasteiger partial charge in [0.05, 0.1) is 13.1 Å². The number of carbonyl (C=O) groups excluding carboxylic acids is 1. The largest absolute Gasteiger partial charge is 0.460 e. The Balaban J connectivity index is 1.58. The highest BCUT2D eigenvalue weighted by atomic mass is 35.5. The van der Waals surface area contributed by atoms with Crippen LogP contribution in [0.15, 0.2) is 59.0 Å². The minimum atomic E-state index is -0.0422. The van der Waals surface area contributed by atoms with Gasteiger partial charge in [-0.25, -0.2) is 0 Å². The number of amides is 1. The standard InChI is InChI=1S/C22H23ClN2O2/c1-15-5-4-6-16(2)22(15)24-21(26)14-25(3)13-19-11-12-20(27-19)17-7-9-18(23)10-8-17/h4-12H,13-14H2,1-3H3,(H,24,26). The summed E-state index contributed by atoms with van der Waals surface area (Å²) in [6, 6.07) is 17.4. The van der Waals surface area contributed by atoms with Gasteiger partial charge in [-0.1, -0.05) is 29.8 Å². The van der Waals surface area contributed by atoms with E-state index in [2.05, 4.69) is 5.32 Å². The maximum atomic E-state index is 12.4. The third kappa shape index (κ3) is 5.00. The van der Waals surface area contributed by atoms with Crippen molar-refractivity contribution < 1.29 is 9.21 Å². The number of anilines is 1. The number of benzene rings is 2. The van der Waals surface area contributed by atoms with Gasteiger partial charge >= 0.3 is 0 Å². The highest BCUT2D eigenvalue weighted by molar-refractivity contribution is 6.30. The fraction of sp³-hybridized carbons (Fsp3) is 0.227. The molecule has 0 aliphatic carbocycles. The molecule has 140 valence electrons. The molecule has 0 spiro atoms. The fourth-order valence-corrected chi connectivity index (χ4v) is 3.12. The van der Waals surface area contributed by atoms with E-state index in [-0.39, 0.29) is 12.5 Å². The number of likely N-dealkylation sites (N-methyl/N-ethyl adjacent to an activating group) is 1. The van der Waals surface area contributed by atoms with Crippen LogP contribution in [0.1, 0.15) is 16.9 Å². The molecule has 0 fully saturated rings. The number of hydrogen-bond donors (Lipinski definition) is 1. The van der Waals surface area contributed by atoms with Crippen molar-refractivity contribution in [2.75, 3.05) is 18.9 Å². The van der Waals surface area contributed by atoms with E-state index >= 15 is 0 Å². The predicted octanol–water partition coefficient (Wildman–Crippen LogP) is 5.29. The third-order valence-electron chi connectivity index (χ3n) is 4.38. The van der Waals surface area contributed by atoms with Crippen LogP contribution in [0.5, 0.6) is 0 Å². The van der Waals surface area contributed by atoms with Crippen LogP contribution in [-0.4, -0.2) is 24.4 Å². The molecule has 0 aliphatic heterocycles. The summed E-state index contributed by atoms with van der Waals surface area (Å²) in [6.07, 6.45) is 0. The molecular formula is C22H23ClN2O2. The number of para-hydroxylation sites is 1. The fourth-order valence-electron chi connectivity index (χ4n) is 2.99. The van der Waals surface area contributed by atoms with Crippen molar-refractivity contribution in [1.29, 1.82) is 0 Å². The molecule has 1 N–H and O–H groups in total. The summed E-state index contributed by atoms with van der Waals surface area (Å²) in [7, 11) is 1.90.